The van der Waals surface area contributed by atoms with Gasteiger partial charge >= 0.3 is 12.0 Å². The molecule has 2 fully saturated rings. The SMILES string of the molecule is CCOC(=O)CCNC(=O)N1CCN(C(=O)c2ccc(NS(=O)(=O)c3cccc4cc(C5CCC5)cnc34)cc2)CC1. The monoisotopic (exact) mass is 593 g/mol. The van der Waals surface area contributed by atoms with Crippen LogP contribution < -0.4 is 10.0 Å². The van der Waals surface area contributed by atoms with Crippen molar-refractivity contribution in [2.75, 3.05) is 44.1 Å². The van der Waals surface area contributed by atoms with Crippen molar-refractivity contribution in [2.24, 2.45) is 0 Å². The molecule has 5 rings (SSSR count). The van der Waals surface area contributed by atoms with E-state index in [9.17, 15) is 22.8 Å². The Labute approximate surface area is 245 Å². The van der Waals surface area contributed by atoms with Gasteiger partial charge in [0.25, 0.3) is 15.9 Å². The zero-order valence-electron chi connectivity index (χ0n) is 23.5. The minimum atomic E-state index is -3.92. The lowest BCUT2D eigenvalue weighted by Gasteiger charge is -2.34. The highest BCUT2D eigenvalue weighted by Crippen LogP contribution is 2.37. The van der Waals surface area contributed by atoms with Crippen molar-refractivity contribution in [1.82, 2.24) is 20.1 Å². The normalized spacial score (nSPS) is 15.6. The molecule has 1 saturated carbocycles. The molecule has 222 valence electrons. The Morgan fingerprint density at radius 1 is 1.00 bits per heavy atom. The van der Waals surface area contributed by atoms with E-state index in [1.807, 2.05) is 12.1 Å². The Morgan fingerprint density at radius 3 is 2.38 bits per heavy atom. The fourth-order valence-electron chi connectivity index (χ4n) is 5.13. The maximum absolute atomic E-state index is 13.3. The average Bonchev–Trinajstić information content (AvgIpc) is 2.96. The quantitative estimate of drug-likeness (QED) is 0.361. The van der Waals surface area contributed by atoms with Crippen LogP contribution in [-0.2, 0) is 19.6 Å². The molecule has 0 unspecified atom stereocenters. The van der Waals surface area contributed by atoms with Gasteiger partial charge in [-0.05, 0) is 67.6 Å². The summed E-state index contributed by atoms with van der Waals surface area (Å²) < 4.78 is 34.0. The third-order valence-corrected chi connectivity index (χ3v) is 9.12. The van der Waals surface area contributed by atoms with E-state index in [1.54, 1.807) is 59.3 Å². The molecule has 1 aromatic heterocycles. The van der Waals surface area contributed by atoms with Gasteiger partial charge in [0.2, 0.25) is 0 Å². The molecule has 1 saturated heterocycles. The average molecular weight is 594 g/mol. The first-order valence-corrected chi connectivity index (χ1v) is 15.7. The molecular formula is C30H35N5O6S. The number of anilines is 1. The van der Waals surface area contributed by atoms with Crippen LogP contribution >= 0.6 is 0 Å². The van der Waals surface area contributed by atoms with Crippen molar-refractivity contribution < 1.29 is 27.5 Å². The Bertz CT molecular complexity index is 1560. The second-order valence-corrected chi connectivity index (χ2v) is 12.1. The van der Waals surface area contributed by atoms with Crippen LogP contribution in [-0.4, -0.2) is 80.4 Å². The molecule has 11 nitrogen and oxygen atoms in total. The largest absolute Gasteiger partial charge is 0.466 e. The predicted octanol–water partition coefficient (Wildman–Crippen LogP) is 3.72. The molecule has 3 amide bonds. The summed E-state index contributed by atoms with van der Waals surface area (Å²) in [6, 6.07) is 13.2. The highest BCUT2D eigenvalue weighted by molar-refractivity contribution is 7.93. The third kappa shape index (κ3) is 6.64. The number of amides is 3. The van der Waals surface area contributed by atoms with E-state index < -0.39 is 10.0 Å². The first-order chi connectivity index (χ1) is 20.2. The van der Waals surface area contributed by atoms with Crippen LogP contribution in [0.5, 0.6) is 0 Å². The molecule has 0 spiro atoms. The Kier molecular flexibility index (Phi) is 8.91. The van der Waals surface area contributed by atoms with E-state index in [-0.39, 0.29) is 35.8 Å². The van der Waals surface area contributed by atoms with Gasteiger partial charge in [-0.3, -0.25) is 19.3 Å². The lowest BCUT2D eigenvalue weighted by molar-refractivity contribution is -0.142. The van der Waals surface area contributed by atoms with Gasteiger partial charge < -0.3 is 19.9 Å². The number of pyridine rings is 1. The summed E-state index contributed by atoms with van der Waals surface area (Å²) in [4.78, 5) is 44.7. The molecule has 2 aliphatic rings. The summed E-state index contributed by atoms with van der Waals surface area (Å²) in [5.74, 6) is -0.0681. The number of benzene rings is 2. The molecule has 1 aliphatic heterocycles. The van der Waals surface area contributed by atoms with Crippen LogP contribution in [0.3, 0.4) is 0 Å². The van der Waals surface area contributed by atoms with Crippen LogP contribution in [0.25, 0.3) is 10.9 Å². The number of carbonyl (C=O) groups is 3. The zero-order chi connectivity index (χ0) is 29.7. The number of esters is 1. The number of hydrogen-bond acceptors (Lipinski definition) is 7. The first kappa shape index (κ1) is 29.3. The van der Waals surface area contributed by atoms with Gasteiger partial charge in [-0.2, -0.15) is 0 Å². The zero-order valence-corrected chi connectivity index (χ0v) is 24.4. The summed E-state index contributed by atoms with van der Waals surface area (Å²) >= 11 is 0. The Morgan fingerprint density at radius 2 is 1.71 bits per heavy atom. The number of nitrogens with zero attached hydrogens (tertiary/aromatic N) is 3. The molecule has 1 aliphatic carbocycles. The van der Waals surface area contributed by atoms with E-state index in [2.05, 4.69) is 15.0 Å². The number of rotatable bonds is 9. The standard InChI is InChI=1S/C30H35N5O6S/c1-2-41-27(36)13-14-31-30(38)35-17-15-34(16-18-35)29(37)22-9-11-25(12-10-22)33-42(39,40)26-8-4-7-23-19-24(20-32-28(23)26)21-5-3-6-21/h4,7-12,19-21,33H,2-3,5-6,13-18H2,1H3,(H,31,38). The number of ether oxygens (including phenoxy) is 1. The molecule has 2 aromatic carbocycles. The van der Waals surface area contributed by atoms with Crippen molar-refractivity contribution >= 4 is 44.5 Å². The lowest BCUT2D eigenvalue weighted by atomic mass is 9.80. The highest BCUT2D eigenvalue weighted by atomic mass is 32.2. The van der Waals surface area contributed by atoms with Crippen LogP contribution in [0.4, 0.5) is 10.5 Å². The highest BCUT2D eigenvalue weighted by Gasteiger charge is 2.26. The van der Waals surface area contributed by atoms with Gasteiger partial charge in [0, 0.05) is 55.6 Å². The van der Waals surface area contributed by atoms with E-state index in [0.29, 0.717) is 55.5 Å². The van der Waals surface area contributed by atoms with Crippen molar-refractivity contribution in [1.29, 1.82) is 0 Å². The second kappa shape index (κ2) is 12.8. The molecular weight excluding hydrogens is 558 g/mol. The predicted molar refractivity (Wildman–Crippen MR) is 158 cm³/mol. The molecule has 2 heterocycles. The van der Waals surface area contributed by atoms with Gasteiger partial charge in [-0.1, -0.05) is 18.6 Å². The number of fused-ring (bicyclic) bond motifs is 1. The van der Waals surface area contributed by atoms with Crippen LogP contribution in [0.1, 0.15) is 54.4 Å². The topological polar surface area (TPSA) is 138 Å². The van der Waals surface area contributed by atoms with Gasteiger partial charge in [0.15, 0.2) is 0 Å². The summed E-state index contributed by atoms with van der Waals surface area (Å²) in [7, 11) is -3.92. The molecule has 0 radical (unpaired) electrons. The van der Waals surface area contributed by atoms with Crippen molar-refractivity contribution in [3.05, 3.63) is 65.9 Å². The molecule has 2 N–H and O–H groups in total. The summed E-state index contributed by atoms with van der Waals surface area (Å²) in [5, 5.41) is 3.49. The van der Waals surface area contributed by atoms with E-state index >= 15 is 0 Å². The van der Waals surface area contributed by atoms with Gasteiger partial charge in [0.1, 0.15) is 4.90 Å². The van der Waals surface area contributed by atoms with E-state index in [4.69, 9.17) is 4.74 Å². The number of aromatic nitrogens is 1. The van der Waals surface area contributed by atoms with Crippen molar-refractivity contribution in [2.45, 2.75) is 43.4 Å². The minimum absolute atomic E-state index is 0.100. The number of nitrogens with one attached hydrogen (secondary N) is 2. The molecule has 42 heavy (non-hydrogen) atoms. The molecule has 3 aromatic rings. The number of para-hydroxylation sites is 1. The van der Waals surface area contributed by atoms with Crippen LogP contribution in [0.15, 0.2) is 59.6 Å². The number of hydrogen-bond donors (Lipinski definition) is 2. The summed E-state index contributed by atoms with van der Waals surface area (Å²) in [6.45, 7) is 3.63. The Hall–Kier alpha value is -4.19. The van der Waals surface area contributed by atoms with Gasteiger partial charge in [-0.25, -0.2) is 13.2 Å². The number of piperazine rings is 1. The summed E-state index contributed by atoms with van der Waals surface area (Å²) in [6.07, 6.45) is 5.37. The Balaban J connectivity index is 1.16. The molecule has 0 bridgehead atoms. The maximum atomic E-state index is 13.3. The maximum Gasteiger partial charge on any atom is 0.317 e. The van der Waals surface area contributed by atoms with Gasteiger partial charge in [0.05, 0.1) is 18.5 Å². The number of carbonyl (C=O) groups excluding carboxylic acids is 3. The van der Waals surface area contributed by atoms with Crippen LogP contribution in [0, 0.1) is 0 Å². The number of urea groups is 1. The van der Waals surface area contributed by atoms with E-state index in [1.165, 1.54) is 6.42 Å². The van der Waals surface area contributed by atoms with Gasteiger partial charge in [-0.15, -0.1) is 0 Å². The smallest absolute Gasteiger partial charge is 0.317 e. The summed E-state index contributed by atoms with van der Waals surface area (Å²) in [5.41, 5.74) is 2.32. The fourth-order valence-corrected chi connectivity index (χ4v) is 6.37. The van der Waals surface area contributed by atoms with E-state index in [0.717, 1.165) is 23.8 Å². The van der Waals surface area contributed by atoms with Crippen molar-refractivity contribution in [3.63, 3.8) is 0 Å². The van der Waals surface area contributed by atoms with Crippen LogP contribution in [0.2, 0.25) is 0 Å². The minimum Gasteiger partial charge on any atom is -0.466 e. The second-order valence-electron chi connectivity index (χ2n) is 10.5. The number of sulfonamides is 1. The lowest BCUT2D eigenvalue weighted by Crippen LogP contribution is -2.53. The fraction of sp³-hybridized carbons (Fsp3) is 0.400. The third-order valence-electron chi connectivity index (χ3n) is 7.71. The molecule has 12 heteroatoms. The van der Waals surface area contributed by atoms with Crippen molar-refractivity contribution in [3.8, 4) is 0 Å². The molecule has 0 atom stereocenters. The first-order valence-electron chi connectivity index (χ1n) is 14.2.